The Kier molecular flexibility index (Phi) is 4.72. The molecular formula is C20H16BrN3O2S. The van der Waals surface area contributed by atoms with E-state index in [0.717, 1.165) is 32.4 Å². The van der Waals surface area contributed by atoms with Crippen LogP contribution in [0.5, 0.6) is 5.75 Å². The Labute approximate surface area is 168 Å². The summed E-state index contributed by atoms with van der Waals surface area (Å²) in [6.45, 7) is 0. The molecule has 1 N–H and O–H groups in total. The summed E-state index contributed by atoms with van der Waals surface area (Å²) >= 11 is 4.83. The predicted octanol–water partition coefficient (Wildman–Crippen LogP) is 5.33. The van der Waals surface area contributed by atoms with Crippen LogP contribution in [-0.2, 0) is 7.05 Å². The van der Waals surface area contributed by atoms with Gasteiger partial charge >= 0.3 is 0 Å². The number of rotatable bonds is 4. The van der Waals surface area contributed by atoms with Crippen molar-refractivity contribution in [3.63, 3.8) is 0 Å². The van der Waals surface area contributed by atoms with Crippen LogP contribution in [0.25, 0.3) is 22.2 Å². The van der Waals surface area contributed by atoms with Crippen molar-refractivity contribution in [3.8, 4) is 17.0 Å². The lowest BCUT2D eigenvalue weighted by atomic mass is 10.2. The number of fused-ring (bicyclic) bond motifs is 1. The van der Waals surface area contributed by atoms with E-state index < -0.39 is 0 Å². The maximum absolute atomic E-state index is 12.8. The van der Waals surface area contributed by atoms with Gasteiger partial charge in [-0.2, -0.15) is 0 Å². The van der Waals surface area contributed by atoms with Crippen molar-refractivity contribution in [2.24, 2.45) is 7.05 Å². The van der Waals surface area contributed by atoms with Crippen LogP contribution in [0.1, 0.15) is 10.5 Å². The van der Waals surface area contributed by atoms with E-state index in [2.05, 4.69) is 26.2 Å². The molecule has 0 bridgehead atoms. The number of carbonyl (C=O) groups excluding carboxylic acids is 1. The van der Waals surface area contributed by atoms with E-state index in [1.165, 1.54) is 11.3 Å². The summed E-state index contributed by atoms with van der Waals surface area (Å²) in [4.78, 5) is 17.3. The summed E-state index contributed by atoms with van der Waals surface area (Å²) < 4.78 is 8.27. The quantitative estimate of drug-likeness (QED) is 0.465. The van der Waals surface area contributed by atoms with Crippen LogP contribution in [0.15, 0.2) is 58.4 Å². The van der Waals surface area contributed by atoms with Gasteiger partial charge in [-0.1, -0.05) is 34.1 Å². The van der Waals surface area contributed by atoms with Crippen molar-refractivity contribution in [3.05, 3.63) is 64.1 Å². The molecule has 0 saturated heterocycles. The molecule has 0 spiro atoms. The highest BCUT2D eigenvalue weighted by molar-refractivity contribution is 9.10. The van der Waals surface area contributed by atoms with Gasteiger partial charge in [-0.25, -0.2) is 4.98 Å². The normalized spacial score (nSPS) is 10.9. The summed E-state index contributed by atoms with van der Waals surface area (Å²) in [5, 5.41) is 6.30. The van der Waals surface area contributed by atoms with Gasteiger partial charge in [0, 0.05) is 27.9 Å². The summed E-state index contributed by atoms with van der Waals surface area (Å²) in [6.07, 6.45) is 0. The molecule has 0 fully saturated rings. The molecule has 5 nitrogen and oxygen atoms in total. The van der Waals surface area contributed by atoms with Crippen molar-refractivity contribution in [2.75, 3.05) is 12.4 Å². The predicted molar refractivity (Wildman–Crippen MR) is 113 cm³/mol. The van der Waals surface area contributed by atoms with Gasteiger partial charge in [0.1, 0.15) is 11.4 Å². The first-order valence-corrected chi connectivity index (χ1v) is 9.89. The first-order chi connectivity index (χ1) is 13.1. The number of anilines is 1. The van der Waals surface area contributed by atoms with Gasteiger partial charge in [0.2, 0.25) is 0 Å². The first kappa shape index (κ1) is 17.8. The van der Waals surface area contributed by atoms with Crippen molar-refractivity contribution in [1.82, 2.24) is 9.55 Å². The lowest BCUT2D eigenvalue weighted by Gasteiger charge is -2.04. The molecule has 0 unspecified atom stereocenters. The van der Waals surface area contributed by atoms with Gasteiger partial charge in [0.25, 0.3) is 5.91 Å². The van der Waals surface area contributed by atoms with Gasteiger partial charge in [0.15, 0.2) is 5.13 Å². The minimum absolute atomic E-state index is 0.201. The maximum atomic E-state index is 12.8. The molecule has 0 radical (unpaired) electrons. The van der Waals surface area contributed by atoms with Crippen LogP contribution >= 0.6 is 27.3 Å². The monoisotopic (exact) mass is 441 g/mol. The van der Waals surface area contributed by atoms with E-state index in [0.29, 0.717) is 10.8 Å². The lowest BCUT2D eigenvalue weighted by molar-refractivity contribution is 0.101. The number of nitrogens with one attached hydrogen (secondary N) is 1. The van der Waals surface area contributed by atoms with Crippen LogP contribution in [0.3, 0.4) is 0 Å². The number of methoxy groups -OCH3 is 1. The fourth-order valence-electron chi connectivity index (χ4n) is 2.97. The fourth-order valence-corrected chi connectivity index (χ4v) is 3.95. The number of carbonyl (C=O) groups is 1. The molecule has 136 valence electrons. The number of benzene rings is 2. The van der Waals surface area contributed by atoms with Crippen molar-refractivity contribution < 1.29 is 9.53 Å². The third-order valence-corrected chi connectivity index (χ3v) is 5.65. The summed E-state index contributed by atoms with van der Waals surface area (Å²) in [5.74, 6) is 0.543. The molecule has 0 aliphatic rings. The van der Waals surface area contributed by atoms with Crippen molar-refractivity contribution in [2.45, 2.75) is 0 Å². The van der Waals surface area contributed by atoms with Crippen LogP contribution in [0.2, 0.25) is 0 Å². The standard InChI is InChI=1S/C20H16BrN3O2S/c1-24-16-4-3-5-18(26-2)14(16)10-17(24)19(25)23-20-22-15(11-27-20)12-6-8-13(21)9-7-12/h3-11H,1-2H3,(H,22,23,25). The highest BCUT2D eigenvalue weighted by atomic mass is 79.9. The van der Waals surface area contributed by atoms with Gasteiger partial charge in [0.05, 0.1) is 18.3 Å². The van der Waals surface area contributed by atoms with Crippen molar-refractivity contribution >= 4 is 49.2 Å². The Hall–Kier alpha value is -2.64. The number of aryl methyl sites for hydroxylation is 1. The van der Waals surface area contributed by atoms with Crippen LogP contribution < -0.4 is 10.1 Å². The molecule has 0 aliphatic carbocycles. The second-order valence-electron chi connectivity index (χ2n) is 5.98. The molecule has 0 saturated carbocycles. The average molecular weight is 442 g/mol. The molecule has 2 heterocycles. The van der Waals surface area contributed by atoms with Gasteiger partial charge < -0.3 is 9.30 Å². The molecular weight excluding hydrogens is 426 g/mol. The molecule has 4 rings (SSSR count). The van der Waals surface area contributed by atoms with E-state index in [1.807, 2.05) is 65.5 Å². The largest absolute Gasteiger partial charge is 0.496 e. The number of aromatic nitrogens is 2. The Balaban J connectivity index is 1.61. The van der Waals surface area contributed by atoms with Crippen LogP contribution in [0, 0.1) is 0 Å². The molecule has 2 aromatic heterocycles. The van der Waals surface area contributed by atoms with Crippen LogP contribution in [-0.4, -0.2) is 22.6 Å². The number of nitrogens with zero attached hydrogens (tertiary/aromatic N) is 2. The molecule has 2 aromatic carbocycles. The van der Waals surface area contributed by atoms with Gasteiger partial charge in [-0.05, 0) is 30.3 Å². The third kappa shape index (κ3) is 3.36. The Morgan fingerprint density at radius 2 is 2.00 bits per heavy atom. The second kappa shape index (κ2) is 7.17. The van der Waals surface area contributed by atoms with Gasteiger partial charge in [-0.3, -0.25) is 10.1 Å². The Morgan fingerprint density at radius 3 is 2.74 bits per heavy atom. The maximum Gasteiger partial charge on any atom is 0.274 e. The first-order valence-electron chi connectivity index (χ1n) is 8.22. The number of thiazole rings is 1. The number of ether oxygens (including phenoxy) is 1. The molecule has 1 amide bonds. The molecule has 0 aliphatic heterocycles. The zero-order valence-corrected chi connectivity index (χ0v) is 17.1. The SMILES string of the molecule is COc1cccc2c1cc(C(=O)Nc1nc(-c3ccc(Br)cc3)cs1)n2C. The minimum Gasteiger partial charge on any atom is -0.496 e. The van der Waals surface area contributed by atoms with Gasteiger partial charge in [-0.15, -0.1) is 11.3 Å². The number of halogens is 1. The topological polar surface area (TPSA) is 56.1 Å². The Morgan fingerprint density at radius 1 is 1.22 bits per heavy atom. The highest BCUT2D eigenvalue weighted by Gasteiger charge is 2.17. The second-order valence-corrected chi connectivity index (χ2v) is 7.75. The van der Waals surface area contributed by atoms with E-state index in [4.69, 9.17) is 4.74 Å². The highest BCUT2D eigenvalue weighted by Crippen LogP contribution is 2.29. The number of amides is 1. The summed E-state index contributed by atoms with van der Waals surface area (Å²) in [5.41, 5.74) is 3.33. The molecule has 7 heteroatoms. The fraction of sp³-hybridized carbons (Fsp3) is 0.100. The lowest BCUT2D eigenvalue weighted by Crippen LogP contribution is -2.15. The minimum atomic E-state index is -0.201. The zero-order valence-electron chi connectivity index (χ0n) is 14.7. The van der Waals surface area contributed by atoms with Crippen molar-refractivity contribution in [1.29, 1.82) is 0 Å². The molecule has 0 atom stereocenters. The Bertz CT molecular complexity index is 1130. The van der Waals surface area contributed by atoms with E-state index in [-0.39, 0.29) is 5.91 Å². The zero-order chi connectivity index (χ0) is 19.0. The summed E-state index contributed by atoms with van der Waals surface area (Å²) in [6, 6.07) is 15.5. The summed E-state index contributed by atoms with van der Waals surface area (Å²) in [7, 11) is 3.49. The smallest absolute Gasteiger partial charge is 0.274 e. The number of hydrogen-bond acceptors (Lipinski definition) is 4. The molecule has 4 aromatic rings. The average Bonchev–Trinajstić information content (AvgIpc) is 3.27. The molecule has 27 heavy (non-hydrogen) atoms. The van der Waals surface area contributed by atoms with Crippen LogP contribution in [0.4, 0.5) is 5.13 Å². The van der Waals surface area contributed by atoms with E-state index in [9.17, 15) is 4.79 Å². The number of hydrogen-bond donors (Lipinski definition) is 1. The third-order valence-electron chi connectivity index (χ3n) is 4.36. The van der Waals surface area contributed by atoms with E-state index in [1.54, 1.807) is 7.11 Å². The van der Waals surface area contributed by atoms with E-state index >= 15 is 0 Å².